The van der Waals surface area contributed by atoms with Gasteiger partial charge in [-0.2, -0.15) is 0 Å². The highest BCUT2D eigenvalue weighted by Crippen LogP contribution is 2.34. The van der Waals surface area contributed by atoms with E-state index < -0.39 is 9.84 Å². The van der Waals surface area contributed by atoms with Crippen LogP contribution in [0.1, 0.15) is 24.0 Å². The minimum atomic E-state index is -3.21. The lowest BCUT2D eigenvalue weighted by Crippen LogP contribution is -2.43. The van der Waals surface area contributed by atoms with Crippen molar-refractivity contribution in [3.05, 3.63) is 127 Å². The predicted octanol–water partition coefficient (Wildman–Crippen LogP) is 9.66. The molecule has 6 aromatic heterocycles. The van der Waals surface area contributed by atoms with E-state index in [0.717, 1.165) is 129 Å². The van der Waals surface area contributed by atoms with Crippen LogP contribution in [0.15, 0.2) is 114 Å². The number of hydrogen-bond acceptors (Lipinski definition) is 24. The summed E-state index contributed by atoms with van der Waals surface area (Å²) in [5, 5.41) is 21.6. The SMILES string of the molecule is CCNc1nc(C)c(-c2ccnc(Nc3ccc(S(C)(=O)=O)cc3)n2)s1.CNc1nc(C)c(-c2ccnc(Nc3ccc(N4CCNCC4)cc3)n2)s1.Cc1nc(N)sc1-c1ccnc(Nc2ccc(N3CCOCC3)cc2)n1. The number of nitrogens with one attached hydrogen (secondary N) is 6. The lowest BCUT2D eigenvalue weighted by molar-refractivity contribution is 0.122. The van der Waals surface area contributed by atoms with Crippen molar-refractivity contribution in [2.24, 2.45) is 0 Å². The van der Waals surface area contributed by atoms with Crippen LogP contribution in [-0.4, -0.2) is 126 Å². The molecule has 0 unspecified atom stereocenters. The average molecular weight is 1140 g/mol. The molecule has 410 valence electrons. The summed E-state index contributed by atoms with van der Waals surface area (Å²) in [6.07, 6.45) is 6.38. The van der Waals surface area contributed by atoms with Gasteiger partial charge in [0, 0.05) is 106 Å². The van der Waals surface area contributed by atoms with Crippen LogP contribution < -0.4 is 47.4 Å². The van der Waals surface area contributed by atoms with Crippen LogP contribution >= 0.6 is 34.0 Å². The number of rotatable bonds is 15. The van der Waals surface area contributed by atoms with Crippen molar-refractivity contribution in [1.82, 2.24) is 50.2 Å². The number of sulfone groups is 1. The number of hydrogen-bond donors (Lipinski definition) is 7. The molecule has 3 aromatic carbocycles. The fraction of sp³-hybridized carbons (Fsp3) is 0.278. The smallest absolute Gasteiger partial charge is 0.227 e. The topological polar surface area (TPSA) is 264 Å². The second-order valence-electron chi connectivity index (χ2n) is 18.0. The standard InChI is InChI=1S/C19H23N7S.C18H20N6OS.C17H19N5O2S2/c1-13-17(27-19(20-2)23-13)16-7-8-22-18(25-16)24-14-3-5-15(6-4-14)26-11-9-21-10-12-26;1-12-16(26-17(19)21-12)15-6-7-20-18(23-15)22-13-2-4-14(5-3-13)24-8-10-25-11-9-24;1-4-18-17-20-11(2)15(25-17)14-9-10-19-16(22-14)21-12-5-7-13(8-6-12)26(3,23)24/h3-8,21H,9-12H2,1-2H3,(H,20,23)(H,22,24,25);2-7H,8-11H2,1H3,(H2,19,21)(H,20,22,23);5-10H,4H2,1-3H3,(H,18,20)(H,19,21,22). The van der Waals surface area contributed by atoms with Crippen LogP contribution in [0.2, 0.25) is 0 Å². The maximum absolute atomic E-state index is 11.5. The molecule has 11 rings (SSSR count). The molecule has 0 saturated carbocycles. The number of ether oxygens (including phenoxy) is 1. The van der Waals surface area contributed by atoms with Crippen molar-refractivity contribution in [2.75, 3.05) is 114 Å². The molecule has 0 spiro atoms. The number of piperazine rings is 1. The Bertz CT molecular complexity index is 3550. The first-order valence-corrected chi connectivity index (χ1v) is 29.8. The predicted molar refractivity (Wildman–Crippen MR) is 322 cm³/mol. The molecule has 0 aliphatic carbocycles. The van der Waals surface area contributed by atoms with E-state index in [2.05, 4.69) is 123 Å². The van der Waals surface area contributed by atoms with Crippen LogP contribution in [0.25, 0.3) is 31.7 Å². The van der Waals surface area contributed by atoms with E-state index in [4.69, 9.17) is 10.5 Å². The first kappa shape index (κ1) is 55.8. The lowest BCUT2D eigenvalue weighted by atomic mass is 10.2. The molecule has 8 heterocycles. The van der Waals surface area contributed by atoms with E-state index in [1.807, 2.05) is 65.1 Å². The molecular formula is C54H62N18O3S4. The van der Waals surface area contributed by atoms with Crippen molar-refractivity contribution >= 4 is 106 Å². The van der Waals surface area contributed by atoms with E-state index in [0.29, 0.717) is 28.7 Å². The highest BCUT2D eigenvalue weighted by molar-refractivity contribution is 7.90. The number of nitrogens with zero attached hydrogens (tertiary/aromatic N) is 11. The molecule has 2 aliphatic heterocycles. The molecule has 79 heavy (non-hydrogen) atoms. The molecule has 0 amide bonds. The summed E-state index contributed by atoms with van der Waals surface area (Å²) < 4.78 is 28.5. The third-order valence-corrected chi connectivity index (χ3v) is 16.7. The Balaban J connectivity index is 0.000000144. The highest BCUT2D eigenvalue weighted by atomic mass is 32.2. The first-order valence-electron chi connectivity index (χ1n) is 25.5. The number of nitrogen functional groups attached to an aromatic ring is 1. The van der Waals surface area contributed by atoms with E-state index in [-0.39, 0.29) is 4.90 Å². The van der Waals surface area contributed by atoms with E-state index in [1.54, 1.807) is 65.5 Å². The lowest BCUT2D eigenvalue weighted by Gasteiger charge is -2.29. The number of morpholine rings is 1. The fourth-order valence-corrected chi connectivity index (χ4v) is 11.6. The first-order chi connectivity index (χ1) is 38.3. The van der Waals surface area contributed by atoms with Crippen molar-refractivity contribution in [3.8, 4) is 31.7 Å². The Morgan fingerprint density at radius 3 is 1.41 bits per heavy atom. The Hall–Kier alpha value is -7.94. The molecule has 21 nitrogen and oxygen atoms in total. The van der Waals surface area contributed by atoms with Gasteiger partial charge in [0.25, 0.3) is 0 Å². The van der Waals surface area contributed by atoms with Gasteiger partial charge < -0.3 is 52.2 Å². The summed E-state index contributed by atoms with van der Waals surface area (Å²) in [7, 11) is -1.34. The Morgan fingerprint density at radius 2 is 0.987 bits per heavy atom. The maximum Gasteiger partial charge on any atom is 0.227 e. The van der Waals surface area contributed by atoms with Crippen LogP contribution in [0.3, 0.4) is 0 Å². The highest BCUT2D eigenvalue weighted by Gasteiger charge is 2.17. The number of aromatic nitrogens is 9. The van der Waals surface area contributed by atoms with E-state index >= 15 is 0 Å². The fourth-order valence-electron chi connectivity index (χ4n) is 8.32. The zero-order chi connectivity index (χ0) is 55.3. The summed E-state index contributed by atoms with van der Waals surface area (Å²) in [5.74, 6) is 1.57. The number of benzene rings is 3. The van der Waals surface area contributed by atoms with Gasteiger partial charge in [0.15, 0.2) is 25.2 Å². The van der Waals surface area contributed by atoms with Crippen LogP contribution in [0, 0.1) is 20.8 Å². The number of anilines is 11. The van der Waals surface area contributed by atoms with Gasteiger partial charge in [0.05, 0.1) is 66.9 Å². The normalized spacial score (nSPS) is 13.3. The Labute approximate surface area is 471 Å². The van der Waals surface area contributed by atoms with Gasteiger partial charge in [-0.25, -0.2) is 53.3 Å². The van der Waals surface area contributed by atoms with E-state index in [1.165, 1.54) is 29.0 Å². The van der Waals surface area contributed by atoms with Gasteiger partial charge in [-0.15, -0.1) is 0 Å². The van der Waals surface area contributed by atoms with Crippen LogP contribution in [-0.2, 0) is 14.6 Å². The summed E-state index contributed by atoms with van der Waals surface area (Å²) in [5.41, 5.74) is 16.1. The molecule has 0 bridgehead atoms. The molecule has 0 radical (unpaired) electrons. The van der Waals surface area contributed by atoms with Gasteiger partial charge in [-0.1, -0.05) is 34.0 Å². The largest absolute Gasteiger partial charge is 0.378 e. The zero-order valence-electron chi connectivity index (χ0n) is 44.6. The van der Waals surface area contributed by atoms with Gasteiger partial charge in [0.1, 0.15) is 0 Å². The molecule has 2 fully saturated rings. The third kappa shape index (κ3) is 15.0. The summed E-state index contributed by atoms with van der Waals surface area (Å²) >= 11 is 4.58. The monoisotopic (exact) mass is 1140 g/mol. The zero-order valence-corrected chi connectivity index (χ0v) is 47.9. The maximum atomic E-state index is 11.5. The average Bonchev–Trinajstić information content (AvgIpc) is 4.18. The molecule has 0 atom stereocenters. The molecular weight excluding hydrogens is 1080 g/mol. The van der Waals surface area contributed by atoms with Crippen molar-refractivity contribution in [3.63, 3.8) is 0 Å². The second-order valence-corrected chi connectivity index (χ2v) is 23.1. The minimum absolute atomic E-state index is 0.272. The van der Waals surface area contributed by atoms with E-state index in [9.17, 15) is 8.42 Å². The Morgan fingerprint density at radius 1 is 0.570 bits per heavy atom. The minimum Gasteiger partial charge on any atom is -0.378 e. The molecule has 8 N–H and O–H groups in total. The summed E-state index contributed by atoms with van der Waals surface area (Å²) in [6, 6.07) is 28.8. The van der Waals surface area contributed by atoms with Crippen LogP contribution in [0.5, 0.6) is 0 Å². The summed E-state index contributed by atoms with van der Waals surface area (Å²) in [6.45, 7) is 16.3. The number of thiazole rings is 3. The summed E-state index contributed by atoms with van der Waals surface area (Å²) in [4.78, 5) is 47.9. The second kappa shape index (κ2) is 26.1. The van der Waals surface area contributed by atoms with Gasteiger partial charge in [-0.3, -0.25) is 0 Å². The van der Waals surface area contributed by atoms with Crippen molar-refractivity contribution in [2.45, 2.75) is 32.6 Å². The molecule has 25 heteroatoms. The van der Waals surface area contributed by atoms with Gasteiger partial charge in [-0.05, 0) is 119 Å². The van der Waals surface area contributed by atoms with Crippen molar-refractivity contribution < 1.29 is 13.2 Å². The van der Waals surface area contributed by atoms with Gasteiger partial charge >= 0.3 is 0 Å². The molecule has 2 aliphatic rings. The third-order valence-electron chi connectivity index (χ3n) is 12.3. The van der Waals surface area contributed by atoms with Gasteiger partial charge in [0.2, 0.25) is 17.8 Å². The number of aryl methyl sites for hydroxylation is 3. The molecule has 9 aromatic rings. The Kier molecular flexibility index (Phi) is 18.5. The quantitative estimate of drug-likeness (QED) is 0.0503. The molecule has 2 saturated heterocycles. The van der Waals surface area contributed by atoms with Crippen LogP contribution in [0.4, 0.5) is 61.7 Å². The number of nitrogens with two attached hydrogens (primary N) is 1. The van der Waals surface area contributed by atoms with Crippen molar-refractivity contribution in [1.29, 1.82) is 0 Å².